The maximum atomic E-state index is 13.6. The Hall–Kier alpha value is -2.69. The summed E-state index contributed by atoms with van der Waals surface area (Å²) >= 11 is 0. The maximum absolute atomic E-state index is 13.6. The van der Waals surface area contributed by atoms with Crippen LogP contribution in [0, 0.1) is 5.82 Å². The van der Waals surface area contributed by atoms with E-state index in [0.717, 1.165) is 18.4 Å². The van der Waals surface area contributed by atoms with E-state index in [9.17, 15) is 14.0 Å². The lowest BCUT2D eigenvalue weighted by Gasteiger charge is -2.21. The molecule has 4 nitrogen and oxygen atoms in total. The van der Waals surface area contributed by atoms with Crippen LogP contribution in [0.5, 0.6) is 0 Å². The third-order valence-electron chi connectivity index (χ3n) is 5.09. The predicted octanol–water partition coefficient (Wildman–Crippen LogP) is 3.59. The number of benzene rings is 2. The molecule has 1 atom stereocenters. The van der Waals surface area contributed by atoms with Crippen LogP contribution in [-0.2, 0) is 29.0 Å². The Morgan fingerprint density at radius 2 is 1.78 bits per heavy atom. The van der Waals surface area contributed by atoms with Gasteiger partial charge in [-0.15, -0.1) is 0 Å². The molecule has 0 fully saturated rings. The summed E-state index contributed by atoms with van der Waals surface area (Å²) in [6.45, 7) is 1.95. The van der Waals surface area contributed by atoms with E-state index in [1.165, 1.54) is 30.0 Å². The van der Waals surface area contributed by atoms with Gasteiger partial charge in [0.15, 0.2) is 0 Å². The molecule has 0 heterocycles. The van der Waals surface area contributed by atoms with Crippen LogP contribution in [0.4, 0.5) is 4.39 Å². The van der Waals surface area contributed by atoms with E-state index in [1.54, 1.807) is 18.2 Å². The number of halogens is 1. The highest BCUT2D eigenvalue weighted by Gasteiger charge is 2.20. The van der Waals surface area contributed by atoms with Gasteiger partial charge in [0.1, 0.15) is 5.82 Å². The van der Waals surface area contributed by atoms with Gasteiger partial charge < -0.3 is 10.6 Å². The molecule has 0 aromatic heterocycles. The van der Waals surface area contributed by atoms with Gasteiger partial charge in [-0.25, -0.2) is 4.39 Å². The molecule has 0 radical (unpaired) electrons. The lowest BCUT2D eigenvalue weighted by Crippen LogP contribution is -2.41. The summed E-state index contributed by atoms with van der Waals surface area (Å²) in [5.74, 6) is -1.86. The second kappa shape index (κ2) is 8.80. The van der Waals surface area contributed by atoms with E-state index in [4.69, 9.17) is 0 Å². The van der Waals surface area contributed by atoms with Crippen LogP contribution >= 0.6 is 0 Å². The SMILES string of the molecule is CCC(NC(=O)C(=O)NCc1ccccc1F)c1ccc2c(c1)CCCC2. The summed E-state index contributed by atoms with van der Waals surface area (Å²) in [5, 5.41) is 5.28. The van der Waals surface area contributed by atoms with Gasteiger partial charge in [-0.3, -0.25) is 9.59 Å². The quantitative estimate of drug-likeness (QED) is 0.793. The molecular formula is C22H25FN2O2. The summed E-state index contributed by atoms with van der Waals surface area (Å²) in [6, 6.07) is 12.3. The van der Waals surface area contributed by atoms with Crippen LogP contribution in [0.3, 0.4) is 0 Å². The number of rotatable bonds is 5. The first-order valence-corrected chi connectivity index (χ1v) is 9.52. The van der Waals surface area contributed by atoms with Crippen molar-refractivity contribution in [2.45, 2.75) is 51.6 Å². The monoisotopic (exact) mass is 368 g/mol. The minimum atomic E-state index is -0.755. The van der Waals surface area contributed by atoms with Gasteiger partial charge in [0.05, 0.1) is 6.04 Å². The zero-order valence-corrected chi connectivity index (χ0v) is 15.6. The van der Waals surface area contributed by atoms with Gasteiger partial charge in [0.2, 0.25) is 0 Å². The summed E-state index contributed by atoms with van der Waals surface area (Å²) in [4.78, 5) is 24.4. The van der Waals surface area contributed by atoms with E-state index in [2.05, 4.69) is 22.8 Å². The second-order valence-electron chi connectivity index (χ2n) is 6.94. The van der Waals surface area contributed by atoms with Gasteiger partial charge in [-0.1, -0.05) is 43.3 Å². The fourth-order valence-electron chi connectivity index (χ4n) is 3.51. The molecule has 0 saturated heterocycles. The molecule has 27 heavy (non-hydrogen) atoms. The van der Waals surface area contributed by atoms with Crippen molar-refractivity contribution in [3.8, 4) is 0 Å². The largest absolute Gasteiger partial charge is 0.344 e. The summed E-state index contributed by atoms with van der Waals surface area (Å²) in [7, 11) is 0. The highest BCUT2D eigenvalue weighted by Crippen LogP contribution is 2.26. The van der Waals surface area contributed by atoms with Gasteiger partial charge in [0, 0.05) is 12.1 Å². The van der Waals surface area contributed by atoms with Crippen molar-refractivity contribution in [1.82, 2.24) is 10.6 Å². The Morgan fingerprint density at radius 1 is 1.04 bits per heavy atom. The Labute approximate surface area is 159 Å². The van der Waals surface area contributed by atoms with E-state index < -0.39 is 17.6 Å². The third-order valence-corrected chi connectivity index (χ3v) is 5.09. The normalized spacial score (nSPS) is 14.1. The molecule has 2 amide bonds. The molecule has 3 rings (SSSR count). The lowest BCUT2D eigenvalue weighted by atomic mass is 9.89. The van der Waals surface area contributed by atoms with Crippen molar-refractivity contribution in [1.29, 1.82) is 0 Å². The number of amides is 2. The Morgan fingerprint density at radius 3 is 2.52 bits per heavy atom. The summed E-state index contributed by atoms with van der Waals surface area (Å²) in [5.41, 5.74) is 4.10. The minimum absolute atomic E-state index is 0.0193. The molecule has 1 unspecified atom stereocenters. The molecule has 5 heteroatoms. The second-order valence-corrected chi connectivity index (χ2v) is 6.94. The van der Waals surface area contributed by atoms with Crippen LogP contribution in [0.25, 0.3) is 0 Å². The number of fused-ring (bicyclic) bond motifs is 1. The molecule has 2 N–H and O–H groups in total. The number of carbonyl (C=O) groups is 2. The topological polar surface area (TPSA) is 58.2 Å². The predicted molar refractivity (Wildman–Crippen MR) is 103 cm³/mol. The Bertz CT molecular complexity index is 835. The molecule has 1 aliphatic rings. The van der Waals surface area contributed by atoms with E-state index in [-0.39, 0.29) is 12.6 Å². The van der Waals surface area contributed by atoms with E-state index in [1.807, 2.05) is 13.0 Å². The van der Waals surface area contributed by atoms with Gasteiger partial charge >= 0.3 is 11.8 Å². The molecule has 0 spiro atoms. The standard InChI is InChI=1S/C22H25FN2O2/c1-2-20(17-12-11-15-7-3-4-8-16(15)13-17)25-22(27)21(26)24-14-18-9-5-6-10-19(18)23/h5-6,9-13,20H,2-4,7-8,14H2,1H3,(H,24,26)(H,25,27). The van der Waals surface area contributed by atoms with Crippen LogP contribution < -0.4 is 10.6 Å². The first kappa shape index (κ1) is 19.1. The molecule has 0 aliphatic heterocycles. The van der Waals surface area contributed by atoms with Crippen molar-refractivity contribution in [3.05, 3.63) is 70.5 Å². The van der Waals surface area contributed by atoms with E-state index in [0.29, 0.717) is 12.0 Å². The van der Waals surface area contributed by atoms with Crippen LogP contribution in [0.2, 0.25) is 0 Å². The number of hydrogen-bond donors (Lipinski definition) is 2. The maximum Gasteiger partial charge on any atom is 0.309 e. The Balaban J connectivity index is 1.61. The fraction of sp³-hybridized carbons (Fsp3) is 0.364. The average molecular weight is 368 g/mol. The molecule has 1 aliphatic carbocycles. The van der Waals surface area contributed by atoms with Crippen molar-refractivity contribution in [3.63, 3.8) is 0 Å². The molecule has 2 aromatic rings. The number of nitrogens with one attached hydrogen (secondary N) is 2. The summed E-state index contributed by atoms with van der Waals surface area (Å²) in [6.07, 6.45) is 5.28. The zero-order valence-electron chi connectivity index (χ0n) is 15.6. The molecule has 142 valence electrons. The highest BCUT2D eigenvalue weighted by molar-refractivity contribution is 6.35. The number of hydrogen-bond acceptors (Lipinski definition) is 2. The Kier molecular flexibility index (Phi) is 6.22. The highest BCUT2D eigenvalue weighted by atomic mass is 19.1. The summed E-state index contributed by atoms with van der Waals surface area (Å²) < 4.78 is 13.6. The van der Waals surface area contributed by atoms with Crippen molar-refractivity contribution in [2.75, 3.05) is 0 Å². The van der Waals surface area contributed by atoms with Crippen LogP contribution in [-0.4, -0.2) is 11.8 Å². The van der Waals surface area contributed by atoms with Crippen LogP contribution in [0.15, 0.2) is 42.5 Å². The molecular weight excluding hydrogens is 343 g/mol. The van der Waals surface area contributed by atoms with Gasteiger partial charge in [0.25, 0.3) is 0 Å². The number of aryl methyl sites for hydroxylation is 2. The molecule has 0 bridgehead atoms. The minimum Gasteiger partial charge on any atom is -0.344 e. The van der Waals surface area contributed by atoms with Crippen molar-refractivity contribution < 1.29 is 14.0 Å². The molecule has 2 aromatic carbocycles. The van der Waals surface area contributed by atoms with Crippen molar-refractivity contribution in [2.24, 2.45) is 0 Å². The molecule has 0 saturated carbocycles. The fourth-order valence-corrected chi connectivity index (χ4v) is 3.51. The smallest absolute Gasteiger partial charge is 0.309 e. The lowest BCUT2D eigenvalue weighted by molar-refractivity contribution is -0.139. The van der Waals surface area contributed by atoms with Gasteiger partial charge in [-0.05, 0) is 54.9 Å². The first-order chi connectivity index (χ1) is 13.1. The first-order valence-electron chi connectivity index (χ1n) is 9.52. The van der Waals surface area contributed by atoms with Gasteiger partial charge in [-0.2, -0.15) is 0 Å². The van der Waals surface area contributed by atoms with Crippen LogP contribution in [0.1, 0.15) is 54.5 Å². The van der Waals surface area contributed by atoms with E-state index >= 15 is 0 Å². The van der Waals surface area contributed by atoms with Crippen molar-refractivity contribution >= 4 is 11.8 Å². The number of carbonyl (C=O) groups excluding carboxylic acids is 2. The average Bonchev–Trinajstić information content (AvgIpc) is 2.70. The zero-order chi connectivity index (χ0) is 19.2. The third kappa shape index (κ3) is 4.73.